The van der Waals surface area contributed by atoms with Crippen molar-refractivity contribution in [1.29, 1.82) is 0 Å². The third-order valence-electron chi connectivity index (χ3n) is 3.84. The van der Waals surface area contributed by atoms with Crippen molar-refractivity contribution in [3.8, 4) is 0 Å². The largest absolute Gasteiger partial charge is 0.307 e. The minimum Gasteiger partial charge on any atom is -0.307 e. The van der Waals surface area contributed by atoms with E-state index in [9.17, 15) is 4.79 Å². The summed E-state index contributed by atoms with van der Waals surface area (Å²) in [5, 5.41) is 7.88. The third-order valence-corrected chi connectivity index (χ3v) is 5.17. The predicted molar refractivity (Wildman–Crippen MR) is 108 cm³/mol. The van der Waals surface area contributed by atoms with Gasteiger partial charge in [-0.1, -0.05) is 23.7 Å². The lowest BCUT2D eigenvalue weighted by Gasteiger charge is -2.12. The Labute approximate surface area is 162 Å². The van der Waals surface area contributed by atoms with Crippen LogP contribution in [0.4, 0.5) is 5.82 Å². The summed E-state index contributed by atoms with van der Waals surface area (Å²) < 4.78 is 1.79. The number of aromatic nitrogens is 2. The number of carbonyl (C=O) groups excluding carboxylic acids is 1. The van der Waals surface area contributed by atoms with E-state index in [1.165, 1.54) is 0 Å². The van der Waals surface area contributed by atoms with Crippen molar-refractivity contribution in [2.24, 2.45) is 0 Å². The van der Waals surface area contributed by atoms with Crippen molar-refractivity contribution >= 4 is 35.1 Å². The van der Waals surface area contributed by atoms with Gasteiger partial charge in [-0.15, -0.1) is 11.8 Å². The number of benzene rings is 2. The number of thioether (sulfide) groups is 1. The summed E-state index contributed by atoms with van der Waals surface area (Å²) in [5.74, 6) is 1.40. The van der Waals surface area contributed by atoms with Gasteiger partial charge in [0.05, 0.1) is 6.20 Å². The molecule has 0 radical (unpaired) electrons. The van der Waals surface area contributed by atoms with Crippen LogP contribution in [-0.2, 0) is 5.75 Å². The number of amides is 1. The molecule has 134 valence electrons. The lowest BCUT2D eigenvalue weighted by Crippen LogP contribution is -2.16. The van der Waals surface area contributed by atoms with Crippen LogP contribution < -0.4 is 5.32 Å². The quantitative estimate of drug-likeness (QED) is 0.556. The summed E-state index contributed by atoms with van der Waals surface area (Å²) in [7, 11) is 0. The van der Waals surface area contributed by atoms with Crippen LogP contribution in [-0.4, -0.2) is 15.7 Å². The second-order valence-electron chi connectivity index (χ2n) is 6.15. The number of rotatable bonds is 6. The van der Waals surface area contributed by atoms with Crippen LogP contribution in [0.25, 0.3) is 0 Å². The Hall–Kier alpha value is -2.24. The van der Waals surface area contributed by atoms with Crippen molar-refractivity contribution in [2.75, 3.05) is 5.32 Å². The fraction of sp³-hybridized carbons (Fsp3) is 0.200. The number of halogens is 1. The summed E-state index contributed by atoms with van der Waals surface area (Å²) in [5.41, 5.74) is 1.79. The Kier molecular flexibility index (Phi) is 6.01. The molecule has 6 heteroatoms. The number of carbonyl (C=O) groups is 1. The van der Waals surface area contributed by atoms with Crippen LogP contribution in [0, 0.1) is 0 Å². The second kappa shape index (κ2) is 8.43. The van der Waals surface area contributed by atoms with Gasteiger partial charge in [-0.2, -0.15) is 5.10 Å². The van der Waals surface area contributed by atoms with Gasteiger partial charge in [0.1, 0.15) is 5.82 Å². The average Bonchev–Trinajstić information content (AvgIpc) is 3.10. The molecule has 0 aliphatic heterocycles. The highest BCUT2D eigenvalue weighted by atomic mass is 35.5. The molecular formula is C20H20ClN3OS. The molecule has 0 aliphatic carbocycles. The van der Waals surface area contributed by atoms with Gasteiger partial charge >= 0.3 is 0 Å². The summed E-state index contributed by atoms with van der Waals surface area (Å²) in [6.07, 6.45) is 1.69. The van der Waals surface area contributed by atoms with Crippen molar-refractivity contribution in [2.45, 2.75) is 30.5 Å². The summed E-state index contributed by atoms with van der Waals surface area (Å²) in [4.78, 5) is 13.6. The van der Waals surface area contributed by atoms with Gasteiger partial charge in [-0.25, -0.2) is 4.68 Å². The highest BCUT2D eigenvalue weighted by Gasteiger charge is 2.11. The molecule has 0 unspecified atom stereocenters. The molecule has 3 aromatic rings. The Bertz CT molecular complexity index is 873. The van der Waals surface area contributed by atoms with E-state index in [2.05, 4.69) is 10.4 Å². The Balaban J connectivity index is 1.60. The molecule has 0 atom stereocenters. The fourth-order valence-electron chi connectivity index (χ4n) is 2.46. The fourth-order valence-corrected chi connectivity index (χ4v) is 3.44. The minimum absolute atomic E-state index is 0.135. The molecule has 2 aromatic carbocycles. The first kappa shape index (κ1) is 18.5. The van der Waals surface area contributed by atoms with Gasteiger partial charge < -0.3 is 5.32 Å². The molecule has 26 heavy (non-hydrogen) atoms. The molecule has 1 aromatic heterocycles. The van der Waals surface area contributed by atoms with Crippen molar-refractivity contribution in [3.05, 3.63) is 76.9 Å². The lowest BCUT2D eigenvalue weighted by atomic mass is 10.1. The van der Waals surface area contributed by atoms with Crippen LogP contribution in [0.15, 0.2) is 65.7 Å². The zero-order chi connectivity index (χ0) is 18.5. The molecule has 0 saturated carbocycles. The number of nitrogens with one attached hydrogen (secondary N) is 1. The van der Waals surface area contributed by atoms with E-state index >= 15 is 0 Å². The van der Waals surface area contributed by atoms with Gasteiger partial charge in [0, 0.05) is 33.3 Å². The molecule has 0 saturated heterocycles. The van der Waals surface area contributed by atoms with E-state index < -0.39 is 0 Å². The van der Waals surface area contributed by atoms with Gasteiger partial charge in [0.2, 0.25) is 0 Å². The average molecular weight is 386 g/mol. The SMILES string of the molecule is CC(C)n1nccc1NC(=O)c1ccc(CSc2ccc(Cl)cc2)cc1. The van der Waals surface area contributed by atoms with E-state index in [0.29, 0.717) is 11.4 Å². The maximum Gasteiger partial charge on any atom is 0.256 e. The first-order valence-electron chi connectivity index (χ1n) is 8.35. The zero-order valence-electron chi connectivity index (χ0n) is 14.6. The molecule has 0 fully saturated rings. The second-order valence-corrected chi connectivity index (χ2v) is 7.63. The number of hydrogen-bond acceptors (Lipinski definition) is 3. The smallest absolute Gasteiger partial charge is 0.256 e. The normalized spacial score (nSPS) is 10.9. The van der Waals surface area contributed by atoms with Gasteiger partial charge in [0.15, 0.2) is 0 Å². The zero-order valence-corrected chi connectivity index (χ0v) is 16.2. The maximum atomic E-state index is 12.4. The first-order chi connectivity index (χ1) is 12.5. The van der Waals surface area contributed by atoms with Crippen molar-refractivity contribution in [1.82, 2.24) is 9.78 Å². The number of nitrogens with zero attached hydrogens (tertiary/aromatic N) is 2. The highest BCUT2D eigenvalue weighted by molar-refractivity contribution is 7.98. The lowest BCUT2D eigenvalue weighted by molar-refractivity contribution is 0.102. The summed E-state index contributed by atoms with van der Waals surface area (Å²) >= 11 is 7.64. The third kappa shape index (κ3) is 4.68. The monoisotopic (exact) mass is 385 g/mol. The molecule has 1 heterocycles. The Morgan fingerprint density at radius 2 is 1.81 bits per heavy atom. The standard InChI is InChI=1S/C20H20ClN3OS/c1-14(2)24-19(11-12-22-24)23-20(25)16-5-3-15(4-6-16)13-26-18-9-7-17(21)8-10-18/h3-12,14H,13H2,1-2H3,(H,23,25). The van der Waals surface area contributed by atoms with Crippen LogP contribution in [0.3, 0.4) is 0 Å². The van der Waals surface area contributed by atoms with E-state index in [1.807, 2.05) is 62.4 Å². The minimum atomic E-state index is -0.135. The summed E-state index contributed by atoms with van der Waals surface area (Å²) in [6.45, 7) is 4.05. The molecule has 1 amide bonds. The molecule has 0 bridgehead atoms. The van der Waals surface area contributed by atoms with Crippen LogP contribution in [0.1, 0.15) is 35.8 Å². The number of anilines is 1. The topological polar surface area (TPSA) is 46.9 Å². The van der Waals surface area contributed by atoms with Crippen LogP contribution in [0.5, 0.6) is 0 Å². The van der Waals surface area contributed by atoms with Crippen LogP contribution >= 0.6 is 23.4 Å². The first-order valence-corrected chi connectivity index (χ1v) is 9.71. The van der Waals surface area contributed by atoms with E-state index in [1.54, 1.807) is 28.7 Å². The Morgan fingerprint density at radius 3 is 2.46 bits per heavy atom. The van der Waals surface area contributed by atoms with Gasteiger partial charge in [-0.05, 0) is 55.8 Å². The van der Waals surface area contributed by atoms with Crippen molar-refractivity contribution in [3.63, 3.8) is 0 Å². The Morgan fingerprint density at radius 1 is 1.12 bits per heavy atom. The molecular weight excluding hydrogens is 366 g/mol. The van der Waals surface area contributed by atoms with Crippen molar-refractivity contribution < 1.29 is 4.79 Å². The number of hydrogen-bond donors (Lipinski definition) is 1. The van der Waals surface area contributed by atoms with E-state index in [0.717, 1.165) is 21.2 Å². The van der Waals surface area contributed by atoms with E-state index in [4.69, 9.17) is 11.6 Å². The summed E-state index contributed by atoms with van der Waals surface area (Å²) in [6, 6.07) is 17.4. The molecule has 0 spiro atoms. The molecule has 1 N–H and O–H groups in total. The molecule has 0 aliphatic rings. The maximum absolute atomic E-state index is 12.4. The van der Waals surface area contributed by atoms with Gasteiger partial charge in [-0.3, -0.25) is 4.79 Å². The molecule has 3 rings (SSSR count). The van der Waals surface area contributed by atoms with Crippen LogP contribution in [0.2, 0.25) is 5.02 Å². The van der Waals surface area contributed by atoms with Gasteiger partial charge in [0.25, 0.3) is 5.91 Å². The highest BCUT2D eigenvalue weighted by Crippen LogP contribution is 2.24. The van der Waals surface area contributed by atoms with E-state index in [-0.39, 0.29) is 11.9 Å². The predicted octanol–water partition coefficient (Wildman–Crippen LogP) is 5.66. The molecule has 4 nitrogen and oxygen atoms in total.